The summed E-state index contributed by atoms with van der Waals surface area (Å²) in [4.78, 5) is 12.0. The minimum absolute atomic E-state index is 0.0192. The molecule has 0 fully saturated rings. The summed E-state index contributed by atoms with van der Waals surface area (Å²) in [5.41, 5.74) is 7.86. The second kappa shape index (κ2) is 5.67. The second-order valence-corrected chi connectivity index (χ2v) is 5.34. The number of halogens is 1. The van der Waals surface area contributed by atoms with Crippen LogP contribution in [0.15, 0.2) is 29.3 Å². The molecule has 2 rings (SSSR count). The van der Waals surface area contributed by atoms with Crippen LogP contribution >= 0.6 is 15.9 Å². The normalized spacial score (nSPS) is 14.8. The quantitative estimate of drug-likeness (QED) is 0.850. The molecule has 0 saturated carbocycles. The van der Waals surface area contributed by atoms with E-state index in [4.69, 9.17) is 10.5 Å². The molecule has 0 aromatic heterocycles. The lowest BCUT2D eigenvalue weighted by atomic mass is 9.99. The van der Waals surface area contributed by atoms with E-state index in [1.54, 1.807) is 6.08 Å². The standard InChI is InChI=1S/C14H16BrNO2/c1-2-3-12(16)13(17)8-10-7-11(15)6-9-4-5-18-14(9)10/h2,6-7,12H,1,3-5,8,16H2. The van der Waals surface area contributed by atoms with E-state index in [0.29, 0.717) is 19.4 Å². The van der Waals surface area contributed by atoms with Crippen LogP contribution in [0.2, 0.25) is 0 Å². The van der Waals surface area contributed by atoms with Crippen molar-refractivity contribution in [1.82, 2.24) is 0 Å². The van der Waals surface area contributed by atoms with Gasteiger partial charge in [0.25, 0.3) is 0 Å². The van der Waals surface area contributed by atoms with Gasteiger partial charge in [0.05, 0.1) is 12.6 Å². The summed E-state index contributed by atoms with van der Waals surface area (Å²) < 4.78 is 6.57. The zero-order valence-electron chi connectivity index (χ0n) is 10.1. The summed E-state index contributed by atoms with van der Waals surface area (Å²) >= 11 is 3.46. The summed E-state index contributed by atoms with van der Waals surface area (Å²) in [6, 6.07) is 3.50. The van der Waals surface area contributed by atoms with Crippen LogP contribution in [0.5, 0.6) is 5.75 Å². The van der Waals surface area contributed by atoms with Crippen LogP contribution in [0, 0.1) is 0 Å². The molecule has 0 radical (unpaired) electrons. The van der Waals surface area contributed by atoms with Crippen LogP contribution in [0.1, 0.15) is 17.5 Å². The zero-order valence-corrected chi connectivity index (χ0v) is 11.7. The number of nitrogens with two attached hydrogens (primary N) is 1. The van der Waals surface area contributed by atoms with Crippen molar-refractivity contribution in [2.75, 3.05) is 6.61 Å². The van der Waals surface area contributed by atoms with Gasteiger partial charge < -0.3 is 10.5 Å². The van der Waals surface area contributed by atoms with E-state index < -0.39 is 6.04 Å². The summed E-state index contributed by atoms with van der Waals surface area (Å²) in [5, 5.41) is 0. The third-order valence-electron chi connectivity index (χ3n) is 3.02. The van der Waals surface area contributed by atoms with Crippen LogP contribution in [-0.2, 0) is 17.6 Å². The zero-order chi connectivity index (χ0) is 13.1. The molecule has 0 saturated heterocycles. The fraction of sp³-hybridized carbons (Fsp3) is 0.357. The summed E-state index contributed by atoms with van der Waals surface area (Å²) in [7, 11) is 0. The van der Waals surface area contributed by atoms with Crippen molar-refractivity contribution in [3.05, 3.63) is 40.4 Å². The first-order chi connectivity index (χ1) is 8.61. The topological polar surface area (TPSA) is 52.3 Å². The predicted molar refractivity (Wildman–Crippen MR) is 74.8 cm³/mol. The maximum Gasteiger partial charge on any atom is 0.154 e. The molecule has 0 bridgehead atoms. The van der Waals surface area contributed by atoms with E-state index in [2.05, 4.69) is 22.5 Å². The Morgan fingerprint density at radius 2 is 2.39 bits per heavy atom. The van der Waals surface area contributed by atoms with Gasteiger partial charge in [-0.25, -0.2) is 0 Å². The number of carbonyl (C=O) groups excluding carboxylic acids is 1. The first-order valence-corrected chi connectivity index (χ1v) is 6.74. The van der Waals surface area contributed by atoms with E-state index in [0.717, 1.165) is 27.8 Å². The molecule has 1 aromatic rings. The smallest absolute Gasteiger partial charge is 0.154 e. The SMILES string of the molecule is C=CCC(N)C(=O)Cc1cc(Br)cc2c1OCC2. The van der Waals surface area contributed by atoms with Gasteiger partial charge in [-0.1, -0.05) is 22.0 Å². The Morgan fingerprint density at radius 1 is 1.61 bits per heavy atom. The second-order valence-electron chi connectivity index (χ2n) is 4.43. The molecule has 1 unspecified atom stereocenters. The fourth-order valence-electron chi connectivity index (χ4n) is 2.11. The van der Waals surface area contributed by atoms with Crippen molar-refractivity contribution in [3.63, 3.8) is 0 Å². The number of hydrogen-bond acceptors (Lipinski definition) is 3. The van der Waals surface area contributed by atoms with Crippen LogP contribution < -0.4 is 10.5 Å². The van der Waals surface area contributed by atoms with Gasteiger partial charge in [0.15, 0.2) is 5.78 Å². The number of carbonyl (C=O) groups is 1. The van der Waals surface area contributed by atoms with Gasteiger partial charge in [0.1, 0.15) is 5.75 Å². The Bertz CT molecular complexity index is 485. The molecular formula is C14H16BrNO2. The fourth-order valence-corrected chi connectivity index (χ4v) is 2.66. The molecule has 1 aromatic carbocycles. The Labute approximate surface area is 115 Å². The Morgan fingerprint density at radius 3 is 3.11 bits per heavy atom. The van der Waals surface area contributed by atoms with Gasteiger partial charge in [-0.05, 0) is 24.1 Å². The molecule has 96 valence electrons. The number of ether oxygens (including phenoxy) is 1. The van der Waals surface area contributed by atoms with E-state index in [1.807, 2.05) is 12.1 Å². The van der Waals surface area contributed by atoms with Gasteiger partial charge in [0.2, 0.25) is 0 Å². The molecule has 18 heavy (non-hydrogen) atoms. The maximum atomic E-state index is 12.0. The molecule has 1 atom stereocenters. The van der Waals surface area contributed by atoms with Gasteiger partial charge in [-0.2, -0.15) is 0 Å². The van der Waals surface area contributed by atoms with Gasteiger partial charge in [0, 0.05) is 22.9 Å². The van der Waals surface area contributed by atoms with E-state index in [9.17, 15) is 4.79 Å². The number of ketones is 1. The monoisotopic (exact) mass is 309 g/mol. The van der Waals surface area contributed by atoms with Gasteiger partial charge in [-0.3, -0.25) is 4.79 Å². The number of Topliss-reactive ketones (excluding diaryl/α,β-unsaturated/α-hetero) is 1. The summed E-state index contributed by atoms with van der Waals surface area (Å²) in [6.45, 7) is 4.28. The molecule has 4 heteroatoms. The van der Waals surface area contributed by atoms with Crippen molar-refractivity contribution in [3.8, 4) is 5.75 Å². The molecular weight excluding hydrogens is 294 g/mol. The third-order valence-corrected chi connectivity index (χ3v) is 3.48. The van der Waals surface area contributed by atoms with E-state index in [-0.39, 0.29) is 5.78 Å². The number of benzene rings is 1. The van der Waals surface area contributed by atoms with Crippen molar-refractivity contribution in [2.45, 2.75) is 25.3 Å². The average molecular weight is 310 g/mol. The molecule has 0 amide bonds. The lowest BCUT2D eigenvalue weighted by molar-refractivity contribution is -0.119. The highest BCUT2D eigenvalue weighted by Gasteiger charge is 2.21. The highest BCUT2D eigenvalue weighted by molar-refractivity contribution is 9.10. The van der Waals surface area contributed by atoms with E-state index >= 15 is 0 Å². The highest BCUT2D eigenvalue weighted by atomic mass is 79.9. The summed E-state index contributed by atoms with van der Waals surface area (Å²) in [6.07, 6.45) is 3.39. The van der Waals surface area contributed by atoms with Crippen molar-refractivity contribution >= 4 is 21.7 Å². The molecule has 2 N–H and O–H groups in total. The number of fused-ring (bicyclic) bond motifs is 1. The van der Waals surface area contributed by atoms with E-state index in [1.165, 1.54) is 0 Å². The molecule has 0 aliphatic carbocycles. The molecule has 3 nitrogen and oxygen atoms in total. The Hall–Kier alpha value is -1.13. The largest absolute Gasteiger partial charge is 0.493 e. The lowest BCUT2D eigenvalue weighted by Crippen LogP contribution is -2.31. The highest BCUT2D eigenvalue weighted by Crippen LogP contribution is 2.33. The van der Waals surface area contributed by atoms with Crippen LogP contribution in [0.25, 0.3) is 0 Å². The molecule has 1 aliphatic rings. The third kappa shape index (κ3) is 2.82. The first kappa shape index (κ1) is 13.3. The lowest BCUT2D eigenvalue weighted by Gasteiger charge is -2.11. The van der Waals surface area contributed by atoms with Crippen molar-refractivity contribution < 1.29 is 9.53 Å². The Balaban J connectivity index is 2.19. The minimum atomic E-state index is -0.474. The molecule has 1 heterocycles. The number of hydrogen-bond donors (Lipinski definition) is 1. The summed E-state index contributed by atoms with van der Waals surface area (Å²) in [5.74, 6) is 0.878. The first-order valence-electron chi connectivity index (χ1n) is 5.95. The Kier molecular flexibility index (Phi) is 4.19. The van der Waals surface area contributed by atoms with Gasteiger partial charge in [-0.15, -0.1) is 6.58 Å². The van der Waals surface area contributed by atoms with Crippen molar-refractivity contribution in [2.24, 2.45) is 5.73 Å². The number of rotatable bonds is 5. The maximum absolute atomic E-state index is 12.0. The van der Waals surface area contributed by atoms with Crippen LogP contribution in [0.3, 0.4) is 0 Å². The van der Waals surface area contributed by atoms with Crippen LogP contribution in [0.4, 0.5) is 0 Å². The van der Waals surface area contributed by atoms with Gasteiger partial charge >= 0.3 is 0 Å². The molecule has 1 aliphatic heterocycles. The van der Waals surface area contributed by atoms with Crippen LogP contribution in [-0.4, -0.2) is 18.4 Å². The average Bonchev–Trinajstić information content (AvgIpc) is 2.77. The molecule has 0 spiro atoms. The predicted octanol–water partition coefficient (Wildman–Crippen LogP) is 2.40. The minimum Gasteiger partial charge on any atom is -0.493 e. The van der Waals surface area contributed by atoms with Crippen molar-refractivity contribution in [1.29, 1.82) is 0 Å².